The SMILES string of the molecule is CCCNC(=O)c1cc(Br)ccc1N. The highest BCUT2D eigenvalue weighted by Gasteiger charge is 2.08. The number of amides is 1. The number of carbonyl (C=O) groups excluding carboxylic acids is 1. The van der Waals surface area contributed by atoms with Crippen LogP contribution in [0.2, 0.25) is 0 Å². The predicted molar refractivity (Wildman–Crippen MR) is 61.2 cm³/mol. The summed E-state index contributed by atoms with van der Waals surface area (Å²) in [6.45, 7) is 2.68. The van der Waals surface area contributed by atoms with E-state index in [1.54, 1.807) is 12.1 Å². The average Bonchev–Trinajstić information content (AvgIpc) is 2.18. The highest BCUT2D eigenvalue weighted by atomic mass is 79.9. The molecule has 4 heteroatoms. The Balaban J connectivity index is 2.83. The smallest absolute Gasteiger partial charge is 0.253 e. The van der Waals surface area contributed by atoms with E-state index in [9.17, 15) is 4.79 Å². The molecule has 0 radical (unpaired) electrons. The van der Waals surface area contributed by atoms with Crippen molar-refractivity contribution in [1.29, 1.82) is 0 Å². The molecule has 1 rings (SSSR count). The fraction of sp³-hybridized carbons (Fsp3) is 0.300. The zero-order valence-corrected chi connectivity index (χ0v) is 9.60. The molecule has 0 aliphatic rings. The maximum Gasteiger partial charge on any atom is 0.253 e. The topological polar surface area (TPSA) is 55.1 Å². The van der Waals surface area contributed by atoms with Crippen LogP contribution < -0.4 is 11.1 Å². The highest BCUT2D eigenvalue weighted by molar-refractivity contribution is 9.10. The zero-order chi connectivity index (χ0) is 10.6. The molecule has 0 saturated carbocycles. The lowest BCUT2D eigenvalue weighted by Crippen LogP contribution is -2.24. The minimum atomic E-state index is -0.120. The molecular formula is C10H13BrN2O. The summed E-state index contributed by atoms with van der Waals surface area (Å²) in [6, 6.07) is 5.25. The second-order valence-corrected chi connectivity index (χ2v) is 3.90. The molecule has 0 bridgehead atoms. The standard InChI is InChI=1S/C10H13BrN2O/c1-2-5-13-10(14)8-6-7(11)3-4-9(8)12/h3-4,6H,2,5,12H2,1H3,(H,13,14). The molecule has 0 aliphatic carbocycles. The molecule has 3 N–H and O–H groups in total. The lowest BCUT2D eigenvalue weighted by Gasteiger charge is -2.06. The Morgan fingerprint density at radius 1 is 1.57 bits per heavy atom. The van der Waals surface area contributed by atoms with Gasteiger partial charge in [-0.3, -0.25) is 4.79 Å². The van der Waals surface area contributed by atoms with Crippen molar-refractivity contribution in [1.82, 2.24) is 5.32 Å². The van der Waals surface area contributed by atoms with Crippen molar-refractivity contribution in [2.24, 2.45) is 0 Å². The quantitative estimate of drug-likeness (QED) is 0.815. The molecule has 1 aromatic rings. The van der Waals surface area contributed by atoms with Crippen LogP contribution in [0.1, 0.15) is 23.7 Å². The normalized spacial score (nSPS) is 9.86. The van der Waals surface area contributed by atoms with E-state index < -0.39 is 0 Å². The van der Waals surface area contributed by atoms with Crippen LogP contribution in [0.5, 0.6) is 0 Å². The van der Waals surface area contributed by atoms with Crippen LogP contribution in [0, 0.1) is 0 Å². The van der Waals surface area contributed by atoms with Crippen molar-refractivity contribution < 1.29 is 4.79 Å². The van der Waals surface area contributed by atoms with Crippen molar-refractivity contribution in [2.75, 3.05) is 12.3 Å². The van der Waals surface area contributed by atoms with Crippen LogP contribution in [0.3, 0.4) is 0 Å². The van der Waals surface area contributed by atoms with Gasteiger partial charge in [-0.2, -0.15) is 0 Å². The summed E-state index contributed by atoms with van der Waals surface area (Å²) in [7, 11) is 0. The molecule has 1 aromatic carbocycles. The van der Waals surface area contributed by atoms with Crippen molar-refractivity contribution >= 4 is 27.5 Å². The van der Waals surface area contributed by atoms with Gasteiger partial charge in [0.05, 0.1) is 5.56 Å². The van der Waals surface area contributed by atoms with E-state index >= 15 is 0 Å². The molecule has 1 amide bonds. The second kappa shape index (κ2) is 5.00. The van der Waals surface area contributed by atoms with E-state index in [0.29, 0.717) is 17.8 Å². The molecule has 0 saturated heterocycles. The molecule has 0 aromatic heterocycles. The van der Waals surface area contributed by atoms with Gasteiger partial charge in [0.1, 0.15) is 0 Å². The summed E-state index contributed by atoms with van der Waals surface area (Å²) in [5, 5.41) is 2.78. The molecule has 3 nitrogen and oxygen atoms in total. The van der Waals surface area contributed by atoms with E-state index in [1.165, 1.54) is 0 Å². The first-order chi connectivity index (χ1) is 6.65. The first-order valence-electron chi connectivity index (χ1n) is 4.48. The maximum absolute atomic E-state index is 11.6. The van der Waals surface area contributed by atoms with Gasteiger partial charge < -0.3 is 11.1 Å². The highest BCUT2D eigenvalue weighted by Crippen LogP contribution is 2.18. The van der Waals surface area contributed by atoms with Gasteiger partial charge in [0, 0.05) is 16.7 Å². The van der Waals surface area contributed by atoms with Gasteiger partial charge in [-0.15, -0.1) is 0 Å². The number of nitrogens with one attached hydrogen (secondary N) is 1. The predicted octanol–water partition coefficient (Wildman–Crippen LogP) is 2.17. The number of hydrogen-bond donors (Lipinski definition) is 2. The molecule has 0 fully saturated rings. The Morgan fingerprint density at radius 3 is 2.93 bits per heavy atom. The Bertz CT molecular complexity index is 339. The number of nitrogens with two attached hydrogens (primary N) is 1. The van der Waals surface area contributed by atoms with E-state index in [1.807, 2.05) is 13.0 Å². The molecule has 0 aliphatic heterocycles. The first-order valence-corrected chi connectivity index (χ1v) is 5.27. The van der Waals surface area contributed by atoms with Gasteiger partial charge in [-0.1, -0.05) is 22.9 Å². The molecule has 0 unspecified atom stereocenters. The average molecular weight is 257 g/mol. The maximum atomic E-state index is 11.6. The Labute approximate surface area is 91.8 Å². The third-order valence-electron chi connectivity index (χ3n) is 1.80. The molecule has 0 heterocycles. The van der Waals surface area contributed by atoms with Crippen LogP contribution in [0.25, 0.3) is 0 Å². The van der Waals surface area contributed by atoms with E-state index in [-0.39, 0.29) is 5.91 Å². The summed E-state index contributed by atoms with van der Waals surface area (Å²) >= 11 is 3.30. The molecule has 0 spiro atoms. The summed E-state index contributed by atoms with van der Waals surface area (Å²) in [5.74, 6) is -0.120. The third kappa shape index (κ3) is 2.73. The van der Waals surface area contributed by atoms with Gasteiger partial charge in [0.25, 0.3) is 5.91 Å². The molecule has 0 atom stereocenters. The Morgan fingerprint density at radius 2 is 2.29 bits per heavy atom. The van der Waals surface area contributed by atoms with Crippen LogP contribution in [-0.2, 0) is 0 Å². The number of halogens is 1. The Kier molecular flexibility index (Phi) is 3.95. The van der Waals surface area contributed by atoms with Crippen LogP contribution in [-0.4, -0.2) is 12.5 Å². The summed E-state index contributed by atoms with van der Waals surface area (Å²) in [6.07, 6.45) is 0.916. The van der Waals surface area contributed by atoms with E-state index in [4.69, 9.17) is 5.73 Å². The van der Waals surface area contributed by atoms with Gasteiger partial charge >= 0.3 is 0 Å². The van der Waals surface area contributed by atoms with Crippen molar-refractivity contribution in [3.05, 3.63) is 28.2 Å². The number of rotatable bonds is 3. The lowest BCUT2D eigenvalue weighted by molar-refractivity contribution is 0.0954. The van der Waals surface area contributed by atoms with Crippen LogP contribution >= 0.6 is 15.9 Å². The monoisotopic (exact) mass is 256 g/mol. The second-order valence-electron chi connectivity index (χ2n) is 2.99. The fourth-order valence-electron chi connectivity index (χ4n) is 1.06. The van der Waals surface area contributed by atoms with Gasteiger partial charge in [-0.05, 0) is 24.6 Å². The molecule has 14 heavy (non-hydrogen) atoms. The fourth-order valence-corrected chi connectivity index (χ4v) is 1.42. The summed E-state index contributed by atoms with van der Waals surface area (Å²) in [4.78, 5) is 11.6. The summed E-state index contributed by atoms with van der Waals surface area (Å²) < 4.78 is 0.855. The zero-order valence-electron chi connectivity index (χ0n) is 8.01. The first kappa shape index (κ1) is 11.0. The largest absolute Gasteiger partial charge is 0.398 e. The van der Waals surface area contributed by atoms with Crippen molar-refractivity contribution in [2.45, 2.75) is 13.3 Å². The van der Waals surface area contributed by atoms with Crippen LogP contribution in [0.15, 0.2) is 22.7 Å². The van der Waals surface area contributed by atoms with Gasteiger partial charge in [-0.25, -0.2) is 0 Å². The Hall–Kier alpha value is -1.03. The minimum absolute atomic E-state index is 0.120. The number of hydrogen-bond acceptors (Lipinski definition) is 2. The van der Waals surface area contributed by atoms with Crippen molar-refractivity contribution in [3.8, 4) is 0 Å². The third-order valence-corrected chi connectivity index (χ3v) is 2.29. The number of nitrogen functional groups attached to an aromatic ring is 1. The van der Waals surface area contributed by atoms with E-state index in [2.05, 4.69) is 21.2 Å². The lowest BCUT2D eigenvalue weighted by atomic mass is 10.1. The van der Waals surface area contributed by atoms with Gasteiger partial charge in [0.15, 0.2) is 0 Å². The molecular weight excluding hydrogens is 244 g/mol. The van der Waals surface area contributed by atoms with Gasteiger partial charge in [0.2, 0.25) is 0 Å². The summed E-state index contributed by atoms with van der Waals surface area (Å²) in [5.41, 5.74) is 6.70. The van der Waals surface area contributed by atoms with E-state index in [0.717, 1.165) is 10.9 Å². The van der Waals surface area contributed by atoms with Crippen LogP contribution in [0.4, 0.5) is 5.69 Å². The number of carbonyl (C=O) groups is 1. The minimum Gasteiger partial charge on any atom is -0.398 e. The molecule has 76 valence electrons. The number of benzene rings is 1. The number of anilines is 1. The van der Waals surface area contributed by atoms with Crippen molar-refractivity contribution in [3.63, 3.8) is 0 Å².